The zero-order valence-corrected chi connectivity index (χ0v) is 16.2. The molecule has 0 heterocycles. The molecule has 0 fully saturated rings. The molecule has 0 atom stereocenters. The molecule has 0 radical (unpaired) electrons. The molecular formula is C16H13Br2N3O4. The highest BCUT2D eigenvalue weighted by atomic mass is 79.9. The number of benzene rings is 2. The van der Waals surface area contributed by atoms with Crippen molar-refractivity contribution in [1.29, 1.82) is 0 Å². The Morgan fingerprint density at radius 2 is 2.00 bits per heavy atom. The molecule has 130 valence electrons. The summed E-state index contributed by atoms with van der Waals surface area (Å²) in [4.78, 5) is 22.2. The second-order valence-electron chi connectivity index (χ2n) is 4.75. The van der Waals surface area contributed by atoms with E-state index in [1.54, 1.807) is 12.1 Å². The lowest BCUT2D eigenvalue weighted by Gasteiger charge is -2.09. The Bertz CT molecular complexity index is 817. The van der Waals surface area contributed by atoms with E-state index in [-0.39, 0.29) is 11.3 Å². The molecule has 0 aliphatic heterocycles. The summed E-state index contributed by atoms with van der Waals surface area (Å²) in [6.07, 6.45) is 1.46. The van der Waals surface area contributed by atoms with E-state index in [0.29, 0.717) is 12.4 Å². The molecule has 0 bridgehead atoms. The number of hydrazone groups is 1. The van der Waals surface area contributed by atoms with Gasteiger partial charge in [-0.25, -0.2) is 5.43 Å². The monoisotopic (exact) mass is 469 g/mol. The Morgan fingerprint density at radius 1 is 1.32 bits per heavy atom. The van der Waals surface area contributed by atoms with Gasteiger partial charge in [0.15, 0.2) is 0 Å². The number of non-ortho nitro benzene ring substituents is 1. The van der Waals surface area contributed by atoms with Gasteiger partial charge in [0.25, 0.3) is 11.6 Å². The average Bonchev–Trinajstić information content (AvgIpc) is 2.58. The third-order valence-corrected chi connectivity index (χ3v) is 4.19. The van der Waals surface area contributed by atoms with E-state index in [0.717, 1.165) is 14.5 Å². The fourth-order valence-electron chi connectivity index (χ4n) is 1.93. The van der Waals surface area contributed by atoms with Crippen LogP contribution in [0.4, 0.5) is 5.69 Å². The second kappa shape index (κ2) is 8.72. The van der Waals surface area contributed by atoms with Crippen LogP contribution in [0.3, 0.4) is 0 Å². The average molecular weight is 471 g/mol. The molecule has 7 nitrogen and oxygen atoms in total. The number of carbonyl (C=O) groups is 1. The number of amides is 1. The lowest BCUT2D eigenvalue weighted by molar-refractivity contribution is -0.384. The summed E-state index contributed by atoms with van der Waals surface area (Å²) in [6.45, 7) is 2.42. The minimum Gasteiger partial charge on any atom is -0.492 e. The lowest BCUT2D eigenvalue weighted by Crippen LogP contribution is -2.17. The molecule has 0 spiro atoms. The summed E-state index contributed by atoms with van der Waals surface area (Å²) in [5.41, 5.74) is 3.06. The minimum atomic E-state index is -0.560. The van der Waals surface area contributed by atoms with Crippen LogP contribution >= 0.6 is 31.9 Å². The van der Waals surface area contributed by atoms with Crippen LogP contribution in [-0.2, 0) is 0 Å². The predicted molar refractivity (Wildman–Crippen MR) is 101 cm³/mol. The maximum absolute atomic E-state index is 12.0. The maximum atomic E-state index is 12.0. The van der Waals surface area contributed by atoms with E-state index in [4.69, 9.17) is 4.74 Å². The fraction of sp³-hybridized carbons (Fsp3) is 0.125. The number of hydrogen-bond acceptors (Lipinski definition) is 5. The zero-order valence-electron chi connectivity index (χ0n) is 13.0. The number of nitro groups is 1. The van der Waals surface area contributed by atoms with Crippen molar-refractivity contribution in [1.82, 2.24) is 5.43 Å². The van der Waals surface area contributed by atoms with Crippen LogP contribution in [0.2, 0.25) is 0 Å². The molecule has 0 saturated heterocycles. The molecular weight excluding hydrogens is 458 g/mol. The second-order valence-corrected chi connectivity index (χ2v) is 6.46. The van der Waals surface area contributed by atoms with Crippen molar-refractivity contribution in [3.8, 4) is 5.75 Å². The van der Waals surface area contributed by atoms with Gasteiger partial charge in [0.05, 0.1) is 26.7 Å². The Kier molecular flexibility index (Phi) is 6.65. The molecule has 25 heavy (non-hydrogen) atoms. The topological polar surface area (TPSA) is 93.8 Å². The SMILES string of the molecule is CCOc1c(Br)cc(/C=N\NC(=O)c2cccc([N+](=O)[O-])c2)cc1Br. The van der Waals surface area contributed by atoms with Gasteiger partial charge < -0.3 is 4.74 Å². The van der Waals surface area contributed by atoms with Gasteiger partial charge in [0.1, 0.15) is 5.75 Å². The molecule has 0 unspecified atom stereocenters. The summed E-state index contributed by atoms with van der Waals surface area (Å²) in [5, 5.41) is 14.6. The largest absolute Gasteiger partial charge is 0.492 e. The number of carbonyl (C=O) groups excluding carboxylic acids is 1. The number of nitrogens with zero attached hydrogens (tertiary/aromatic N) is 2. The molecule has 2 aromatic carbocycles. The first-order chi connectivity index (χ1) is 11.9. The zero-order chi connectivity index (χ0) is 18.4. The highest BCUT2D eigenvalue weighted by molar-refractivity contribution is 9.11. The molecule has 0 saturated carbocycles. The van der Waals surface area contributed by atoms with Gasteiger partial charge in [0, 0.05) is 17.7 Å². The number of hydrogen-bond donors (Lipinski definition) is 1. The number of ether oxygens (including phenoxy) is 1. The normalized spacial score (nSPS) is 10.7. The first kappa shape index (κ1) is 19.1. The quantitative estimate of drug-likeness (QED) is 0.387. The smallest absolute Gasteiger partial charge is 0.271 e. The Balaban J connectivity index is 2.09. The van der Waals surface area contributed by atoms with Gasteiger partial charge in [-0.05, 0) is 62.5 Å². The Hall–Kier alpha value is -2.26. The number of nitrogens with one attached hydrogen (secondary N) is 1. The van der Waals surface area contributed by atoms with Gasteiger partial charge >= 0.3 is 0 Å². The van der Waals surface area contributed by atoms with E-state index >= 15 is 0 Å². The standard InChI is InChI=1S/C16H13Br2N3O4/c1-2-25-15-13(17)6-10(7-14(15)18)9-19-20-16(22)11-4-3-5-12(8-11)21(23)24/h3-9H,2H2,1H3,(H,20,22)/b19-9-. The summed E-state index contributed by atoms with van der Waals surface area (Å²) < 4.78 is 6.98. The van der Waals surface area contributed by atoms with Gasteiger partial charge in [-0.1, -0.05) is 6.07 Å². The molecule has 2 aromatic rings. The maximum Gasteiger partial charge on any atom is 0.271 e. The Morgan fingerprint density at radius 3 is 2.60 bits per heavy atom. The minimum absolute atomic E-state index is 0.153. The van der Waals surface area contributed by atoms with Gasteiger partial charge in [-0.2, -0.15) is 5.10 Å². The van der Waals surface area contributed by atoms with Crippen LogP contribution in [0.25, 0.3) is 0 Å². The van der Waals surface area contributed by atoms with Crippen LogP contribution < -0.4 is 10.2 Å². The number of nitro benzene ring substituents is 1. The predicted octanol–water partition coefficient (Wildman–Crippen LogP) is 4.28. The molecule has 1 amide bonds. The molecule has 0 aliphatic carbocycles. The molecule has 2 rings (SSSR count). The Labute approximate surface area is 160 Å². The van der Waals surface area contributed by atoms with E-state index in [1.807, 2.05) is 6.92 Å². The highest BCUT2D eigenvalue weighted by Gasteiger charge is 2.11. The van der Waals surface area contributed by atoms with Crippen LogP contribution in [0.5, 0.6) is 5.75 Å². The summed E-state index contributed by atoms with van der Waals surface area (Å²) >= 11 is 6.82. The highest BCUT2D eigenvalue weighted by Crippen LogP contribution is 2.34. The fourth-order valence-corrected chi connectivity index (χ4v) is 3.38. The van der Waals surface area contributed by atoms with Crippen LogP contribution in [0.15, 0.2) is 50.4 Å². The molecule has 1 N–H and O–H groups in total. The van der Waals surface area contributed by atoms with Gasteiger partial charge in [-0.15, -0.1) is 0 Å². The van der Waals surface area contributed by atoms with Gasteiger partial charge in [-0.3, -0.25) is 14.9 Å². The van der Waals surface area contributed by atoms with Crippen LogP contribution in [0.1, 0.15) is 22.8 Å². The van der Waals surface area contributed by atoms with E-state index in [9.17, 15) is 14.9 Å². The van der Waals surface area contributed by atoms with Crippen molar-refractivity contribution >= 4 is 49.7 Å². The number of rotatable bonds is 6. The third kappa shape index (κ3) is 5.10. The summed E-state index contributed by atoms with van der Waals surface area (Å²) in [6, 6.07) is 9.00. The van der Waals surface area contributed by atoms with Crippen molar-refractivity contribution in [2.75, 3.05) is 6.61 Å². The van der Waals surface area contributed by atoms with E-state index < -0.39 is 10.8 Å². The van der Waals surface area contributed by atoms with Crippen molar-refractivity contribution in [3.63, 3.8) is 0 Å². The molecule has 0 aromatic heterocycles. The lowest BCUT2D eigenvalue weighted by atomic mass is 10.2. The number of halogens is 2. The van der Waals surface area contributed by atoms with Crippen LogP contribution in [0, 0.1) is 10.1 Å². The third-order valence-electron chi connectivity index (χ3n) is 3.01. The summed E-state index contributed by atoms with van der Waals surface area (Å²) in [7, 11) is 0. The van der Waals surface area contributed by atoms with Gasteiger partial charge in [0.2, 0.25) is 0 Å². The van der Waals surface area contributed by atoms with Crippen LogP contribution in [-0.4, -0.2) is 23.7 Å². The first-order valence-corrected chi connectivity index (χ1v) is 8.70. The first-order valence-electron chi connectivity index (χ1n) is 7.12. The van der Waals surface area contributed by atoms with Crippen molar-refractivity contribution in [2.24, 2.45) is 5.10 Å². The summed E-state index contributed by atoms with van der Waals surface area (Å²) in [5.74, 6) is 0.143. The van der Waals surface area contributed by atoms with Crippen molar-refractivity contribution in [2.45, 2.75) is 6.92 Å². The molecule has 9 heteroatoms. The van der Waals surface area contributed by atoms with E-state index in [2.05, 4.69) is 42.4 Å². The van der Waals surface area contributed by atoms with Crippen molar-refractivity contribution < 1.29 is 14.5 Å². The van der Waals surface area contributed by atoms with Crippen molar-refractivity contribution in [3.05, 3.63) is 66.6 Å². The molecule has 0 aliphatic rings. The van der Waals surface area contributed by atoms with E-state index in [1.165, 1.54) is 30.5 Å².